The SMILES string of the molecule is Cc1ccc(C(=O)N2CCO[C@H]3CCCC[C@H]32)c(=O)[nH]1. The largest absolute Gasteiger partial charge is 0.374 e. The molecule has 2 atom stereocenters. The molecule has 1 N–H and O–H groups in total. The van der Waals surface area contributed by atoms with Gasteiger partial charge in [0, 0.05) is 12.2 Å². The standard InChI is InChI=1S/C15H20N2O3/c1-10-6-7-11(14(18)16-10)15(19)17-8-9-20-13-5-3-2-4-12(13)17/h6-7,12-13H,2-5,8-9H2,1H3,(H,16,18)/t12-,13+/m1/s1. The summed E-state index contributed by atoms with van der Waals surface area (Å²) in [5.74, 6) is -0.161. The van der Waals surface area contributed by atoms with Crippen LogP contribution in [0.4, 0.5) is 0 Å². The summed E-state index contributed by atoms with van der Waals surface area (Å²) >= 11 is 0. The third-order valence-electron chi connectivity index (χ3n) is 4.28. The Morgan fingerprint density at radius 2 is 2.15 bits per heavy atom. The van der Waals surface area contributed by atoms with E-state index in [0.29, 0.717) is 13.2 Å². The van der Waals surface area contributed by atoms with E-state index < -0.39 is 0 Å². The van der Waals surface area contributed by atoms with Crippen molar-refractivity contribution in [2.75, 3.05) is 13.2 Å². The van der Waals surface area contributed by atoms with Crippen molar-refractivity contribution in [1.82, 2.24) is 9.88 Å². The van der Waals surface area contributed by atoms with Crippen LogP contribution in [0.3, 0.4) is 0 Å². The maximum Gasteiger partial charge on any atom is 0.260 e. The predicted molar refractivity (Wildman–Crippen MR) is 74.8 cm³/mol. The highest BCUT2D eigenvalue weighted by atomic mass is 16.5. The van der Waals surface area contributed by atoms with E-state index >= 15 is 0 Å². The maximum absolute atomic E-state index is 12.6. The van der Waals surface area contributed by atoms with E-state index in [1.807, 2.05) is 11.8 Å². The van der Waals surface area contributed by atoms with Crippen LogP contribution < -0.4 is 5.56 Å². The predicted octanol–water partition coefficient (Wildman–Crippen LogP) is 1.47. The zero-order valence-corrected chi connectivity index (χ0v) is 11.7. The molecule has 1 aliphatic carbocycles. The minimum atomic E-state index is -0.297. The molecule has 0 unspecified atom stereocenters. The summed E-state index contributed by atoms with van der Waals surface area (Å²) in [6.07, 6.45) is 4.41. The fourth-order valence-electron chi connectivity index (χ4n) is 3.24. The van der Waals surface area contributed by atoms with Crippen LogP contribution in [0.25, 0.3) is 0 Å². The van der Waals surface area contributed by atoms with Crippen LogP contribution in [-0.2, 0) is 4.74 Å². The number of morpholine rings is 1. The Bertz CT molecular complexity index is 564. The second kappa shape index (κ2) is 5.40. The zero-order valence-electron chi connectivity index (χ0n) is 11.7. The molecule has 5 heteroatoms. The molecule has 108 valence electrons. The average Bonchev–Trinajstić information content (AvgIpc) is 2.46. The Morgan fingerprint density at radius 3 is 2.95 bits per heavy atom. The number of carbonyl (C=O) groups is 1. The van der Waals surface area contributed by atoms with E-state index in [9.17, 15) is 9.59 Å². The smallest absolute Gasteiger partial charge is 0.260 e. The van der Waals surface area contributed by atoms with Gasteiger partial charge in [-0.25, -0.2) is 0 Å². The Hall–Kier alpha value is -1.62. The van der Waals surface area contributed by atoms with Crippen molar-refractivity contribution in [2.24, 2.45) is 0 Å². The summed E-state index contributed by atoms with van der Waals surface area (Å²) in [6, 6.07) is 3.53. The number of nitrogens with one attached hydrogen (secondary N) is 1. The van der Waals surface area contributed by atoms with Crippen LogP contribution >= 0.6 is 0 Å². The third-order valence-corrected chi connectivity index (χ3v) is 4.28. The van der Waals surface area contributed by atoms with Crippen LogP contribution in [0.5, 0.6) is 0 Å². The summed E-state index contributed by atoms with van der Waals surface area (Å²) in [4.78, 5) is 29.1. The number of pyridine rings is 1. The van der Waals surface area contributed by atoms with Crippen LogP contribution in [0.15, 0.2) is 16.9 Å². The number of hydrogen-bond acceptors (Lipinski definition) is 3. The first kappa shape index (κ1) is 13.4. The number of fused-ring (bicyclic) bond motifs is 1. The number of aromatic amines is 1. The number of ether oxygens (including phenoxy) is 1. The molecule has 1 saturated heterocycles. The van der Waals surface area contributed by atoms with E-state index in [0.717, 1.165) is 31.4 Å². The van der Waals surface area contributed by atoms with Crippen LogP contribution in [0.1, 0.15) is 41.7 Å². The highest BCUT2D eigenvalue weighted by molar-refractivity contribution is 5.94. The number of H-pyrrole nitrogens is 1. The Balaban J connectivity index is 1.87. The van der Waals surface area contributed by atoms with Crippen molar-refractivity contribution < 1.29 is 9.53 Å². The first-order valence-corrected chi connectivity index (χ1v) is 7.29. The molecule has 1 aromatic rings. The number of nitrogens with zero attached hydrogens (tertiary/aromatic N) is 1. The summed E-state index contributed by atoms with van der Waals surface area (Å²) < 4.78 is 5.77. The van der Waals surface area contributed by atoms with Gasteiger partial charge in [-0.3, -0.25) is 9.59 Å². The van der Waals surface area contributed by atoms with Crippen LogP contribution in [0, 0.1) is 6.92 Å². The van der Waals surface area contributed by atoms with Gasteiger partial charge >= 0.3 is 0 Å². The summed E-state index contributed by atoms with van der Waals surface area (Å²) in [5, 5.41) is 0. The molecule has 1 aromatic heterocycles. The highest BCUT2D eigenvalue weighted by Gasteiger charge is 2.37. The lowest BCUT2D eigenvalue weighted by molar-refractivity contribution is -0.0753. The molecule has 2 fully saturated rings. The summed E-state index contributed by atoms with van der Waals surface area (Å²) in [6.45, 7) is 2.95. The first-order valence-electron chi connectivity index (χ1n) is 7.29. The zero-order chi connectivity index (χ0) is 14.1. The van der Waals surface area contributed by atoms with E-state index in [-0.39, 0.29) is 29.2 Å². The van der Waals surface area contributed by atoms with E-state index in [2.05, 4.69) is 4.98 Å². The third kappa shape index (κ3) is 2.38. The number of aromatic nitrogens is 1. The average molecular weight is 276 g/mol. The lowest BCUT2D eigenvalue weighted by Gasteiger charge is -2.43. The van der Waals surface area contributed by atoms with E-state index in [1.54, 1.807) is 12.1 Å². The van der Waals surface area contributed by atoms with Gasteiger partial charge in [0.1, 0.15) is 5.56 Å². The van der Waals surface area contributed by atoms with Gasteiger partial charge in [-0.2, -0.15) is 0 Å². The molecule has 20 heavy (non-hydrogen) atoms. The van der Waals surface area contributed by atoms with Gasteiger partial charge in [0.05, 0.1) is 18.8 Å². The molecule has 0 spiro atoms. The van der Waals surface area contributed by atoms with Crippen LogP contribution in [-0.4, -0.2) is 41.1 Å². The molecule has 2 aliphatic rings. The minimum absolute atomic E-state index is 0.130. The van der Waals surface area contributed by atoms with Crippen molar-refractivity contribution in [3.8, 4) is 0 Å². The van der Waals surface area contributed by atoms with Crippen molar-refractivity contribution in [3.63, 3.8) is 0 Å². The molecule has 0 radical (unpaired) electrons. The van der Waals surface area contributed by atoms with Gasteiger partial charge in [0.2, 0.25) is 0 Å². The van der Waals surface area contributed by atoms with Gasteiger partial charge in [0.25, 0.3) is 11.5 Å². The molecule has 1 saturated carbocycles. The summed E-state index contributed by atoms with van der Waals surface area (Å²) in [7, 11) is 0. The fraction of sp³-hybridized carbons (Fsp3) is 0.600. The quantitative estimate of drug-likeness (QED) is 0.845. The van der Waals surface area contributed by atoms with Gasteiger partial charge in [0.15, 0.2) is 0 Å². The van der Waals surface area contributed by atoms with Gasteiger partial charge in [-0.1, -0.05) is 12.8 Å². The molecule has 0 aromatic carbocycles. The molecule has 1 aliphatic heterocycles. The number of hydrogen-bond donors (Lipinski definition) is 1. The molecule has 3 rings (SSSR count). The van der Waals surface area contributed by atoms with E-state index in [4.69, 9.17) is 4.74 Å². The molecule has 5 nitrogen and oxygen atoms in total. The molecule has 0 bridgehead atoms. The molecular weight excluding hydrogens is 256 g/mol. The second-order valence-corrected chi connectivity index (χ2v) is 5.64. The highest BCUT2D eigenvalue weighted by Crippen LogP contribution is 2.29. The Labute approximate surface area is 117 Å². The van der Waals surface area contributed by atoms with Crippen molar-refractivity contribution in [2.45, 2.75) is 44.8 Å². The minimum Gasteiger partial charge on any atom is -0.374 e. The van der Waals surface area contributed by atoms with Gasteiger partial charge < -0.3 is 14.6 Å². The lowest BCUT2D eigenvalue weighted by atomic mass is 9.90. The topological polar surface area (TPSA) is 62.4 Å². The van der Waals surface area contributed by atoms with Crippen LogP contribution in [0.2, 0.25) is 0 Å². The second-order valence-electron chi connectivity index (χ2n) is 5.64. The van der Waals surface area contributed by atoms with Crippen molar-refractivity contribution in [1.29, 1.82) is 0 Å². The molecule has 1 amide bonds. The monoisotopic (exact) mass is 276 g/mol. The molecule has 2 heterocycles. The summed E-state index contributed by atoms with van der Waals surface area (Å²) in [5.41, 5.74) is 0.708. The van der Waals surface area contributed by atoms with Crippen molar-refractivity contribution >= 4 is 5.91 Å². The first-order chi connectivity index (χ1) is 9.66. The number of aryl methyl sites for hydroxylation is 1. The van der Waals surface area contributed by atoms with Crippen molar-refractivity contribution in [3.05, 3.63) is 33.7 Å². The lowest BCUT2D eigenvalue weighted by Crippen LogP contribution is -2.55. The van der Waals surface area contributed by atoms with Gasteiger partial charge in [-0.05, 0) is 31.9 Å². The normalized spacial score (nSPS) is 26.1. The maximum atomic E-state index is 12.6. The van der Waals surface area contributed by atoms with Gasteiger partial charge in [-0.15, -0.1) is 0 Å². The Morgan fingerprint density at radius 1 is 1.35 bits per heavy atom. The number of amides is 1. The fourth-order valence-corrected chi connectivity index (χ4v) is 3.24. The number of carbonyl (C=O) groups excluding carboxylic acids is 1. The van der Waals surface area contributed by atoms with E-state index in [1.165, 1.54) is 0 Å². The Kier molecular flexibility index (Phi) is 3.61. The number of rotatable bonds is 1. The molecular formula is C15H20N2O3.